The molecule has 7 nitrogen and oxygen atoms in total. The molecule has 1 fully saturated rings. The summed E-state index contributed by atoms with van der Waals surface area (Å²) >= 11 is 0. The van der Waals surface area contributed by atoms with Crippen molar-refractivity contribution in [2.24, 2.45) is 0 Å². The molecule has 1 aliphatic rings. The Bertz CT molecular complexity index is 894. The van der Waals surface area contributed by atoms with E-state index in [4.69, 9.17) is 9.47 Å². The van der Waals surface area contributed by atoms with Gasteiger partial charge >= 0.3 is 12.0 Å². The molecule has 1 atom stereocenters. The zero-order chi connectivity index (χ0) is 22.1. The van der Waals surface area contributed by atoms with E-state index in [1.165, 1.54) is 13.3 Å². The van der Waals surface area contributed by atoms with Crippen LogP contribution in [0.25, 0.3) is 11.1 Å². The Balaban J connectivity index is 1.46. The van der Waals surface area contributed by atoms with Gasteiger partial charge in [-0.3, -0.25) is 10.1 Å². The molecule has 0 unspecified atom stereocenters. The third-order valence-corrected chi connectivity index (χ3v) is 5.17. The van der Waals surface area contributed by atoms with Crippen LogP contribution in [-0.4, -0.2) is 36.7 Å². The predicted octanol–water partition coefficient (Wildman–Crippen LogP) is 3.82. The van der Waals surface area contributed by atoms with Gasteiger partial charge in [0.1, 0.15) is 5.75 Å². The predicted molar refractivity (Wildman–Crippen MR) is 116 cm³/mol. The number of para-hydroxylation sites is 1. The molecule has 0 radical (unpaired) electrons. The second-order valence-electron chi connectivity index (χ2n) is 7.58. The smallest absolute Gasteiger partial charge is 0.344 e. The summed E-state index contributed by atoms with van der Waals surface area (Å²) in [4.78, 5) is 36.3. The largest absolute Gasteiger partial charge is 0.481 e. The van der Waals surface area contributed by atoms with Crippen molar-refractivity contribution < 1.29 is 23.9 Å². The van der Waals surface area contributed by atoms with Crippen molar-refractivity contribution in [2.45, 2.75) is 51.2 Å². The number of carbonyl (C=O) groups is 3. The van der Waals surface area contributed by atoms with Crippen LogP contribution in [0.2, 0.25) is 0 Å². The van der Waals surface area contributed by atoms with Crippen LogP contribution in [-0.2, 0) is 14.3 Å². The minimum atomic E-state index is -1.11. The number of amides is 3. The molecule has 0 spiro atoms. The molecule has 1 aliphatic carbocycles. The molecule has 0 aliphatic heterocycles. The SMILES string of the molecule is C[C@@H](OC(=O)COc1ccccc1-c1ccccc1)C(=O)NC(=O)NC1CCCCC1. The first kappa shape index (κ1) is 22.3. The van der Waals surface area contributed by atoms with Gasteiger partial charge in [-0.05, 0) is 31.4 Å². The molecule has 7 heteroatoms. The first-order chi connectivity index (χ1) is 15.0. The number of urea groups is 1. The van der Waals surface area contributed by atoms with Crippen LogP contribution in [0.3, 0.4) is 0 Å². The summed E-state index contributed by atoms with van der Waals surface area (Å²) in [5.41, 5.74) is 1.81. The molecule has 2 aromatic rings. The molecule has 0 bridgehead atoms. The van der Waals surface area contributed by atoms with E-state index in [0.29, 0.717) is 5.75 Å². The normalized spacial score (nSPS) is 14.9. The number of hydrogen-bond donors (Lipinski definition) is 2. The van der Waals surface area contributed by atoms with Crippen LogP contribution in [0.1, 0.15) is 39.0 Å². The summed E-state index contributed by atoms with van der Waals surface area (Å²) in [6, 6.07) is 16.6. The van der Waals surface area contributed by atoms with Crippen LogP contribution >= 0.6 is 0 Å². The van der Waals surface area contributed by atoms with Crippen LogP contribution in [0.15, 0.2) is 54.6 Å². The van der Waals surface area contributed by atoms with E-state index in [-0.39, 0.29) is 12.6 Å². The summed E-state index contributed by atoms with van der Waals surface area (Å²) in [6.07, 6.45) is 4.02. The maximum atomic E-state index is 12.2. The Kier molecular flexibility index (Phi) is 8.04. The van der Waals surface area contributed by atoms with Crippen molar-refractivity contribution >= 4 is 17.9 Å². The topological polar surface area (TPSA) is 93.7 Å². The van der Waals surface area contributed by atoms with Gasteiger partial charge in [-0.25, -0.2) is 9.59 Å². The first-order valence-electron chi connectivity index (χ1n) is 10.6. The Morgan fingerprint density at radius 3 is 2.39 bits per heavy atom. The molecule has 3 rings (SSSR count). The Hall–Kier alpha value is -3.35. The van der Waals surface area contributed by atoms with Crippen molar-refractivity contribution in [1.29, 1.82) is 0 Å². The van der Waals surface area contributed by atoms with Crippen molar-refractivity contribution in [3.05, 3.63) is 54.6 Å². The number of nitrogens with one attached hydrogen (secondary N) is 2. The summed E-state index contributed by atoms with van der Waals surface area (Å²) in [6.45, 7) is 1.06. The average molecular weight is 424 g/mol. The molecule has 0 saturated heterocycles. The van der Waals surface area contributed by atoms with E-state index < -0.39 is 24.0 Å². The van der Waals surface area contributed by atoms with Gasteiger partial charge in [-0.1, -0.05) is 67.8 Å². The highest BCUT2D eigenvalue weighted by atomic mass is 16.6. The highest BCUT2D eigenvalue weighted by molar-refractivity contribution is 5.97. The molecular weight excluding hydrogens is 396 g/mol. The van der Waals surface area contributed by atoms with Crippen LogP contribution in [0.4, 0.5) is 4.79 Å². The fraction of sp³-hybridized carbons (Fsp3) is 0.375. The van der Waals surface area contributed by atoms with E-state index in [0.717, 1.165) is 36.8 Å². The van der Waals surface area contributed by atoms with Crippen LogP contribution in [0.5, 0.6) is 5.75 Å². The number of carbonyl (C=O) groups excluding carboxylic acids is 3. The lowest BCUT2D eigenvalue weighted by atomic mass is 9.96. The second kappa shape index (κ2) is 11.2. The van der Waals surface area contributed by atoms with Crippen LogP contribution in [0, 0.1) is 0 Å². The summed E-state index contributed by atoms with van der Waals surface area (Å²) in [5.74, 6) is -0.834. The van der Waals surface area contributed by atoms with Crippen LogP contribution < -0.4 is 15.4 Å². The molecule has 1 saturated carbocycles. The zero-order valence-corrected chi connectivity index (χ0v) is 17.6. The minimum absolute atomic E-state index is 0.0810. The third-order valence-electron chi connectivity index (χ3n) is 5.17. The molecule has 0 aromatic heterocycles. The minimum Gasteiger partial charge on any atom is -0.481 e. The van der Waals surface area contributed by atoms with Gasteiger partial charge in [0.25, 0.3) is 5.91 Å². The van der Waals surface area contributed by atoms with Crippen molar-refractivity contribution in [1.82, 2.24) is 10.6 Å². The number of ether oxygens (including phenoxy) is 2. The highest BCUT2D eigenvalue weighted by Gasteiger charge is 2.22. The van der Waals surface area contributed by atoms with E-state index in [2.05, 4.69) is 10.6 Å². The van der Waals surface area contributed by atoms with E-state index in [1.54, 1.807) is 6.07 Å². The number of hydrogen-bond acceptors (Lipinski definition) is 5. The van der Waals surface area contributed by atoms with E-state index in [9.17, 15) is 14.4 Å². The molecule has 31 heavy (non-hydrogen) atoms. The summed E-state index contributed by atoms with van der Waals surface area (Å²) < 4.78 is 10.7. The third kappa shape index (κ3) is 6.84. The van der Waals surface area contributed by atoms with E-state index in [1.807, 2.05) is 48.5 Å². The van der Waals surface area contributed by atoms with Gasteiger partial charge in [-0.2, -0.15) is 0 Å². The lowest BCUT2D eigenvalue weighted by Gasteiger charge is -2.23. The van der Waals surface area contributed by atoms with E-state index >= 15 is 0 Å². The molecule has 2 N–H and O–H groups in total. The number of rotatable bonds is 7. The maximum Gasteiger partial charge on any atom is 0.344 e. The van der Waals surface area contributed by atoms with Gasteiger partial charge in [0, 0.05) is 11.6 Å². The molecule has 164 valence electrons. The fourth-order valence-electron chi connectivity index (χ4n) is 3.55. The van der Waals surface area contributed by atoms with Gasteiger partial charge in [0.05, 0.1) is 0 Å². The number of imide groups is 1. The van der Waals surface area contributed by atoms with Gasteiger partial charge in [0.15, 0.2) is 12.7 Å². The Morgan fingerprint density at radius 2 is 1.65 bits per heavy atom. The Labute approximate surface area is 182 Å². The molecular formula is C24H28N2O5. The lowest BCUT2D eigenvalue weighted by Crippen LogP contribution is -2.48. The van der Waals surface area contributed by atoms with Gasteiger partial charge in [0.2, 0.25) is 0 Å². The average Bonchev–Trinajstić information content (AvgIpc) is 2.79. The fourth-order valence-corrected chi connectivity index (χ4v) is 3.55. The lowest BCUT2D eigenvalue weighted by molar-refractivity contribution is -0.156. The maximum absolute atomic E-state index is 12.2. The first-order valence-corrected chi connectivity index (χ1v) is 10.6. The van der Waals surface area contributed by atoms with Gasteiger partial charge < -0.3 is 14.8 Å². The monoisotopic (exact) mass is 424 g/mol. The molecule has 2 aromatic carbocycles. The Morgan fingerprint density at radius 1 is 0.968 bits per heavy atom. The number of benzene rings is 2. The van der Waals surface area contributed by atoms with Gasteiger partial charge in [-0.15, -0.1) is 0 Å². The standard InChI is InChI=1S/C24H28N2O5/c1-17(23(28)26-24(29)25-19-12-6-3-7-13-19)31-22(27)16-30-21-15-9-8-14-20(21)18-10-4-2-5-11-18/h2,4-5,8-11,14-15,17,19H,3,6-7,12-13,16H2,1H3,(H2,25,26,28,29)/t17-/m1/s1. The highest BCUT2D eigenvalue weighted by Crippen LogP contribution is 2.29. The second-order valence-corrected chi connectivity index (χ2v) is 7.58. The summed E-state index contributed by atoms with van der Waals surface area (Å²) in [7, 11) is 0. The van der Waals surface area contributed by atoms with Crippen molar-refractivity contribution in [3.8, 4) is 16.9 Å². The molecule has 3 amide bonds. The zero-order valence-electron chi connectivity index (χ0n) is 17.6. The molecule has 0 heterocycles. The number of esters is 1. The van der Waals surface area contributed by atoms with Crippen molar-refractivity contribution in [2.75, 3.05) is 6.61 Å². The quantitative estimate of drug-likeness (QED) is 0.659. The summed E-state index contributed by atoms with van der Waals surface area (Å²) in [5, 5.41) is 5.02. The van der Waals surface area contributed by atoms with Crippen molar-refractivity contribution in [3.63, 3.8) is 0 Å².